The predicted octanol–water partition coefficient (Wildman–Crippen LogP) is -1.40. The van der Waals surface area contributed by atoms with Gasteiger partial charge in [-0.05, 0) is 0 Å². The lowest BCUT2D eigenvalue weighted by Crippen LogP contribution is -2.49. The third-order valence-corrected chi connectivity index (χ3v) is 3.17. The summed E-state index contributed by atoms with van der Waals surface area (Å²) in [5.74, 6) is -1.56. The molecule has 1 saturated heterocycles. The summed E-state index contributed by atoms with van der Waals surface area (Å²) in [6.45, 7) is 2.63. The number of likely N-dealkylation sites (N-methyl/N-ethyl adjacent to an activating group) is 1. The van der Waals surface area contributed by atoms with Crippen LogP contribution in [0.5, 0.6) is 0 Å². The number of amides is 2. The number of likely N-dealkylation sites (tertiary alicyclic amines) is 1. The second-order valence-electron chi connectivity index (χ2n) is 5.53. The van der Waals surface area contributed by atoms with Crippen LogP contribution < -0.4 is 5.11 Å². The van der Waals surface area contributed by atoms with E-state index in [0.717, 1.165) is 0 Å². The molecule has 0 aromatic rings. The maximum absolute atomic E-state index is 11.6. The fraction of sp³-hybridized carbons (Fsp3) is 0.750. The van der Waals surface area contributed by atoms with E-state index >= 15 is 0 Å². The van der Waals surface area contributed by atoms with Crippen molar-refractivity contribution in [3.05, 3.63) is 0 Å². The number of carboxylic acid groups (broad SMARTS) is 1. The maximum Gasteiger partial charge on any atom is 0.232 e. The van der Waals surface area contributed by atoms with Crippen LogP contribution in [0.4, 0.5) is 0 Å². The van der Waals surface area contributed by atoms with Gasteiger partial charge in [-0.1, -0.05) is 6.92 Å². The topological polar surface area (TPSA) is 77.5 Å². The molecule has 102 valence electrons. The fourth-order valence-corrected chi connectivity index (χ4v) is 2.17. The molecule has 0 aliphatic carbocycles. The van der Waals surface area contributed by atoms with Crippen LogP contribution in [0.1, 0.15) is 19.8 Å². The van der Waals surface area contributed by atoms with Crippen LogP contribution >= 0.6 is 0 Å². The quantitative estimate of drug-likeness (QED) is 0.432. The Morgan fingerprint density at radius 2 is 2.06 bits per heavy atom. The lowest BCUT2D eigenvalue weighted by molar-refractivity contribution is -0.884. The molecule has 1 fully saturated rings. The molecule has 0 radical (unpaired) electrons. The molecular weight excluding hydrogens is 236 g/mol. The SMILES string of the molecule is CC1CC(=O)N(CCC[N+](C)(C)CC(=O)[O-])C1=O. The summed E-state index contributed by atoms with van der Waals surface area (Å²) in [6, 6.07) is 0. The van der Waals surface area contributed by atoms with Crippen LogP contribution in [0, 0.1) is 5.92 Å². The van der Waals surface area contributed by atoms with E-state index in [1.807, 2.05) is 0 Å². The lowest BCUT2D eigenvalue weighted by Gasteiger charge is -2.30. The van der Waals surface area contributed by atoms with E-state index in [1.54, 1.807) is 21.0 Å². The van der Waals surface area contributed by atoms with Crippen LogP contribution in [0.2, 0.25) is 0 Å². The van der Waals surface area contributed by atoms with Crippen molar-refractivity contribution in [3.63, 3.8) is 0 Å². The third-order valence-electron chi connectivity index (χ3n) is 3.17. The summed E-state index contributed by atoms with van der Waals surface area (Å²) in [7, 11) is 3.57. The van der Waals surface area contributed by atoms with Gasteiger partial charge in [0.1, 0.15) is 6.54 Å². The van der Waals surface area contributed by atoms with E-state index < -0.39 is 5.97 Å². The van der Waals surface area contributed by atoms with E-state index in [0.29, 0.717) is 19.5 Å². The minimum Gasteiger partial charge on any atom is -0.544 e. The number of hydrogen-bond donors (Lipinski definition) is 0. The van der Waals surface area contributed by atoms with Crippen molar-refractivity contribution in [2.24, 2.45) is 5.92 Å². The van der Waals surface area contributed by atoms with Crippen molar-refractivity contribution < 1.29 is 24.0 Å². The molecule has 1 rings (SSSR count). The molecule has 0 aromatic heterocycles. The minimum atomic E-state index is -1.10. The summed E-state index contributed by atoms with van der Waals surface area (Å²) in [4.78, 5) is 35.0. The first kappa shape index (κ1) is 14.6. The smallest absolute Gasteiger partial charge is 0.232 e. The fourth-order valence-electron chi connectivity index (χ4n) is 2.17. The Morgan fingerprint density at radius 1 is 1.44 bits per heavy atom. The zero-order chi connectivity index (χ0) is 13.9. The van der Waals surface area contributed by atoms with Crippen LogP contribution in [0.25, 0.3) is 0 Å². The second kappa shape index (κ2) is 5.48. The number of aliphatic carboxylic acids is 1. The highest BCUT2D eigenvalue weighted by molar-refractivity contribution is 6.03. The molecule has 0 saturated carbocycles. The first-order valence-corrected chi connectivity index (χ1v) is 6.09. The third kappa shape index (κ3) is 3.80. The number of carbonyl (C=O) groups is 3. The van der Waals surface area contributed by atoms with E-state index in [-0.39, 0.29) is 35.2 Å². The van der Waals surface area contributed by atoms with E-state index in [2.05, 4.69) is 0 Å². The van der Waals surface area contributed by atoms with Crippen LogP contribution in [-0.4, -0.2) is 60.9 Å². The maximum atomic E-state index is 11.6. The molecule has 0 N–H and O–H groups in total. The molecule has 1 atom stereocenters. The molecule has 1 unspecified atom stereocenters. The Bertz CT molecular complexity index is 365. The summed E-state index contributed by atoms with van der Waals surface area (Å²) in [5.41, 5.74) is 0. The molecule has 18 heavy (non-hydrogen) atoms. The van der Waals surface area contributed by atoms with Gasteiger partial charge in [0.15, 0.2) is 0 Å². The average Bonchev–Trinajstić information content (AvgIpc) is 2.42. The molecule has 1 aliphatic rings. The highest BCUT2D eigenvalue weighted by Gasteiger charge is 2.35. The van der Waals surface area contributed by atoms with Gasteiger partial charge in [-0.2, -0.15) is 0 Å². The molecule has 0 bridgehead atoms. The molecule has 1 aliphatic heterocycles. The highest BCUT2D eigenvalue weighted by atomic mass is 16.4. The van der Waals surface area contributed by atoms with Crippen molar-refractivity contribution in [1.82, 2.24) is 4.90 Å². The number of nitrogens with zero attached hydrogens (tertiary/aromatic N) is 2. The normalized spacial score (nSPS) is 20.6. The molecule has 1 heterocycles. The van der Waals surface area contributed by atoms with E-state index in [1.165, 1.54) is 4.90 Å². The average molecular weight is 256 g/mol. The Morgan fingerprint density at radius 3 is 2.50 bits per heavy atom. The van der Waals surface area contributed by atoms with Crippen molar-refractivity contribution in [1.29, 1.82) is 0 Å². The van der Waals surface area contributed by atoms with Crippen molar-refractivity contribution in [2.75, 3.05) is 33.7 Å². The first-order chi connectivity index (χ1) is 8.23. The number of carboxylic acids is 1. The van der Waals surface area contributed by atoms with Crippen LogP contribution in [-0.2, 0) is 14.4 Å². The zero-order valence-electron chi connectivity index (χ0n) is 11.1. The Balaban J connectivity index is 2.40. The Hall–Kier alpha value is -1.43. The number of rotatable bonds is 6. The van der Waals surface area contributed by atoms with Gasteiger partial charge in [0, 0.05) is 25.3 Å². The van der Waals surface area contributed by atoms with Gasteiger partial charge < -0.3 is 14.4 Å². The van der Waals surface area contributed by atoms with Gasteiger partial charge in [-0.15, -0.1) is 0 Å². The summed E-state index contributed by atoms with van der Waals surface area (Å²) in [6.07, 6.45) is 0.889. The largest absolute Gasteiger partial charge is 0.544 e. The van der Waals surface area contributed by atoms with Gasteiger partial charge >= 0.3 is 0 Å². The van der Waals surface area contributed by atoms with Gasteiger partial charge in [0.25, 0.3) is 0 Å². The minimum absolute atomic E-state index is 0.0711. The Labute approximate surface area is 107 Å². The van der Waals surface area contributed by atoms with E-state index in [4.69, 9.17) is 0 Å². The standard InChI is InChI=1S/C12H20N2O4/c1-9-7-10(15)13(12(9)18)5-4-6-14(2,3)8-11(16)17/h9H,4-8H2,1-3H3. The molecule has 2 amide bonds. The zero-order valence-corrected chi connectivity index (χ0v) is 11.1. The number of hydrogen-bond acceptors (Lipinski definition) is 4. The number of imide groups is 1. The Kier molecular flexibility index (Phi) is 4.45. The molecule has 0 spiro atoms. The van der Waals surface area contributed by atoms with Gasteiger partial charge in [0.05, 0.1) is 26.6 Å². The summed E-state index contributed by atoms with van der Waals surface area (Å²) >= 11 is 0. The number of quaternary nitrogens is 1. The second-order valence-corrected chi connectivity index (χ2v) is 5.53. The summed E-state index contributed by atoms with van der Waals surface area (Å²) < 4.78 is 0.286. The van der Waals surface area contributed by atoms with Gasteiger partial charge in [-0.25, -0.2) is 0 Å². The van der Waals surface area contributed by atoms with E-state index in [9.17, 15) is 19.5 Å². The van der Waals surface area contributed by atoms with Gasteiger partial charge in [-0.3, -0.25) is 14.5 Å². The monoisotopic (exact) mass is 256 g/mol. The van der Waals surface area contributed by atoms with Crippen molar-refractivity contribution in [2.45, 2.75) is 19.8 Å². The number of carbonyl (C=O) groups excluding carboxylic acids is 3. The predicted molar refractivity (Wildman–Crippen MR) is 62.0 cm³/mol. The molecule has 6 nitrogen and oxygen atoms in total. The molecule has 6 heteroatoms. The highest BCUT2D eigenvalue weighted by Crippen LogP contribution is 2.18. The first-order valence-electron chi connectivity index (χ1n) is 6.09. The van der Waals surface area contributed by atoms with Crippen molar-refractivity contribution in [3.8, 4) is 0 Å². The molecule has 0 aromatic carbocycles. The van der Waals surface area contributed by atoms with Gasteiger partial charge in [0.2, 0.25) is 11.8 Å². The lowest BCUT2D eigenvalue weighted by atomic mass is 10.1. The molecular formula is C12H20N2O4. The summed E-state index contributed by atoms with van der Waals surface area (Å²) in [5, 5.41) is 10.5. The van der Waals surface area contributed by atoms with Crippen LogP contribution in [0.3, 0.4) is 0 Å². The van der Waals surface area contributed by atoms with Crippen LogP contribution in [0.15, 0.2) is 0 Å². The van der Waals surface area contributed by atoms with Crippen molar-refractivity contribution >= 4 is 17.8 Å².